The zero-order valence-electron chi connectivity index (χ0n) is 17.0. The van der Waals surface area contributed by atoms with E-state index >= 15 is 0 Å². The Balaban J connectivity index is 2.29. The SMILES string of the molecule is CC(C)C[C@H]1C(=O)N(Cc2ccccc2)C[C@H](CO)N1C(=O)OC(C)(C)C. The third-order valence-electron chi connectivity index (χ3n) is 4.48. The Bertz CT molecular complexity index is 639. The Morgan fingerprint density at radius 1 is 1.26 bits per heavy atom. The van der Waals surface area contributed by atoms with E-state index in [1.54, 1.807) is 25.7 Å². The Hall–Kier alpha value is -2.08. The maximum Gasteiger partial charge on any atom is 0.411 e. The maximum absolute atomic E-state index is 13.2. The molecule has 2 amide bonds. The van der Waals surface area contributed by atoms with Gasteiger partial charge in [-0.25, -0.2) is 4.79 Å². The molecule has 2 atom stereocenters. The number of aliphatic hydroxyl groups is 1. The summed E-state index contributed by atoms with van der Waals surface area (Å²) in [5.74, 6) is 0.128. The van der Waals surface area contributed by atoms with E-state index in [1.807, 2.05) is 44.2 Å². The van der Waals surface area contributed by atoms with Gasteiger partial charge in [-0.2, -0.15) is 0 Å². The van der Waals surface area contributed by atoms with Gasteiger partial charge < -0.3 is 14.7 Å². The number of aliphatic hydroxyl groups excluding tert-OH is 1. The predicted molar refractivity (Wildman–Crippen MR) is 104 cm³/mol. The highest BCUT2D eigenvalue weighted by Gasteiger charge is 2.44. The summed E-state index contributed by atoms with van der Waals surface area (Å²) in [5, 5.41) is 9.94. The lowest BCUT2D eigenvalue weighted by Gasteiger charge is -2.46. The second kappa shape index (κ2) is 8.74. The largest absolute Gasteiger partial charge is 0.444 e. The normalized spacial score (nSPS) is 20.9. The second-order valence-electron chi connectivity index (χ2n) is 8.57. The average molecular weight is 376 g/mol. The van der Waals surface area contributed by atoms with Crippen LogP contribution in [0.15, 0.2) is 30.3 Å². The first-order valence-corrected chi connectivity index (χ1v) is 9.57. The van der Waals surface area contributed by atoms with Gasteiger partial charge in [0.1, 0.15) is 11.6 Å². The molecule has 150 valence electrons. The first-order valence-electron chi connectivity index (χ1n) is 9.57. The fourth-order valence-corrected chi connectivity index (χ4v) is 3.36. The van der Waals surface area contributed by atoms with Crippen LogP contribution in [0.1, 0.15) is 46.6 Å². The van der Waals surface area contributed by atoms with Crippen molar-refractivity contribution in [2.45, 2.75) is 65.3 Å². The minimum atomic E-state index is -0.663. The van der Waals surface area contributed by atoms with Gasteiger partial charge >= 0.3 is 6.09 Å². The minimum Gasteiger partial charge on any atom is -0.444 e. The van der Waals surface area contributed by atoms with Gasteiger partial charge in [0, 0.05) is 13.1 Å². The average Bonchev–Trinajstić information content (AvgIpc) is 2.57. The summed E-state index contributed by atoms with van der Waals surface area (Å²) < 4.78 is 5.53. The molecule has 1 heterocycles. The Morgan fingerprint density at radius 3 is 2.41 bits per heavy atom. The number of carbonyl (C=O) groups excluding carboxylic acids is 2. The smallest absolute Gasteiger partial charge is 0.411 e. The van der Waals surface area contributed by atoms with Crippen molar-refractivity contribution in [1.29, 1.82) is 0 Å². The molecule has 6 nitrogen and oxygen atoms in total. The lowest BCUT2D eigenvalue weighted by molar-refractivity contribution is -0.147. The number of hydrogen-bond donors (Lipinski definition) is 1. The van der Waals surface area contributed by atoms with Crippen molar-refractivity contribution in [3.8, 4) is 0 Å². The van der Waals surface area contributed by atoms with Crippen LogP contribution in [0.2, 0.25) is 0 Å². The quantitative estimate of drug-likeness (QED) is 0.857. The molecule has 0 aliphatic carbocycles. The molecule has 6 heteroatoms. The van der Waals surface area contributed by atoms with Crippen molar-refractivity contribution < 1.29 is 19.4 Å². The van der Waals surface area contributed by atoms with Crippen LogP contribution < -0.4 is 0 Å². The number of rotatable bonds is 5. The Kier molecular flexibility index (Phi) is 6.87. The highest BCUT2D eigenvalue weighted by atomic mass is 16.6. The van der Waals surface area contributed by atoms with E-state index in [-0.39, 0.29) is 25.0 Å². The predicted octanol–water partition coefficient (Wildman–Crippen LogP) is 3.04. The summed E-state index contributed by atoms with van der Waals surface area (Å²) in [6.07, 6.45) is -0.0141. The summed E-state index contributed by atoms with van der Waals surface area (Å²) in [6, 6.07) is 8.64. The molecule has 1 saturated heterocycles. The van der Waals surface area contributed by atoms with Crippen molar-refractivity contribution in [3.05, 3.63) is 35.9 Å². The summed E-state index contributed by atoms with van der Waals surface area (Å²) in [6.45, 7) is 9.96. The molecule has 0 saturated carbocycles. The monoisotopic (exact) mass is 376 g/mol. The first-order chi connectivity index (χ1) is 12.6. The number of ether oxygens (including phenoxy) is 1. The molecule has 0 spiro atoms. The van der Waals surface area contributed by atoms with Crippen LogP contribution in [-0.2, 0) is 16.1 Å². The molecule has 1 aliphatic heterocycles. The molecule has 0 unspecified atom stereocenters. The van der Waals surface area contributed by atoms with Crippen molar-refractivity contribution >= 4 is 12.0 Å². The fourth-order valence-electron chi connectivity index (χ4n) is 3.36. The highest BCUT2D eigenvalue weighted by molar-refractivity contribution is 5.87. The van der Waals surface area contributed by atoms with Crippen molar-refractivity contribution in [3.63, 3.8) is 0 Å². The van der Waals surface area contributed by atoms with E-state index in [4.69, 9.17) is 4.74 Å². The molecule has 0 aromatic heterocycles. The molecule has 2 rings (SSSR count). The maximum atomic E-state index is 13.2. The van der Waals surface area contributed by atoms with Gasteiger partial charge in [-0.1, -0.05) is 44.2 Å². The zero-order chi connectivity index (χ0) is 20.2. The molecule has 1 aromatic carbocycles. The van der Waals surface area contributed by atoms with E-state index in [0.717, 1.165) is 5.56 Å². The van der Waals surface area contributed by atoms with Crippen molar-refractivity contribution in [1.82, 2.24) is 9.80 Å². The molecule has 1 fully saturated rings. The van der Waals surface area contributed by atoms with Gasteiger partial charge in [0.15, 0.2) is 0 Å². The van der Waals surface area contributed by atoms with Gasteiger partial charge in [0.05, 0.1) is 12.6 Å². The molecular weight excluding hydrogens is 344 g/mol. The van der Waals surface area contributed by atoms with E-state index in [9.17, 15) is 14.7 Å². The topological polar surface area (TPSA) is 70.1 Å². The van der Waals surface area contributed by atoms with Crippen molar-refractivity contribution in [2.75, 3.05) is 13.2 Å². The number of nitrogens with zero attached hydrogens (tertiary/aromatic N) is 2. The van der Waals surface area contributed by atoms with Crippen LogP contribution >= 0.6 is 0 Å². The van der Waals surface area contributed by atoms with Crippen molar-refractivity contribution in [2.24, 2.45) is 5.92 Å². The molecule has 27 heavy (non-hydrogen) atoms. The third kappa shape index (κ3) is 5.70. The van der Waals surface area contributed by atoms with E-state index in [0.29, 0.717) is 13.0 Å². The Labute approximate surface area is 162 Å². The summed E-state index contributed by atoms with van der Waals surface area (Å²) in [5.41, 5.74) is 0.362. The van der Waals surface area contributed by atoms with Gasteiger partial charge in [-0.3, -0.25) is 9.69 Å². The molecule has 0 bridgehead atoms. The molecule has 1 N–H and O–H groups in total. The van der Waals surface area contributed by atoms with Gasteiger partial charge in [0.25, 0.3) is 0 Å². The molecule has 0 radical (unpaired) electrons. The first kappa shape index (κ1) is 21.2. The van der Waals surface area contributed by atoms with Gasteiger partial charge in [0.2, 0.25) is 5.91 Å². The van der Waals surface area contributed by atoms with Crippen LogP contribution in [0.4, 0.5) is 4.79 Å². The number of hydrogen-bond acceptors (Lipinski definition) is 4. The molecule has 1 aromatic rings. The van der Waals surface area contributed by atoms with Crippen LogP contribution in [0.3, 0.4) is 0 Å². The van der Waals surface area contributed by atoms with Gasteiger partial charge in [-0.15, -0.1) is 0 Å². The lowest BCUT2D eigenvalue weighted by atomic mass is 9.96. The third-order valence-corrected chi connectivity index (χ3v) is 4.48. The van der Waals surface area contributed by atoms with Crippen LogP contribution in [0.25, 0.3) is 0 Å². The Morgan fingerprint density at radius 2 is 1.89 bits per heavy atom. The minimum absolute atomic E-state index is 0.0943. The molecule has 1 aliphatic rings. The van der Waals surface area contributed by atoms with Gasteiger partial charge in [-0.05, 0) is 38.7 Å². The number of carbonyl (C=O) groups is 2. The van der Waals surface area contributed by atoms with E-state index in [2.05, 4.69) is 0 Å². The molecular formula is C21H32N2O4. The zero-order valence-corrected chi connectivity index (χ0v) is 17.0. The van der Waals surface area contributed by atoms with Crippen LogP contribution in [0.5, 0.6) is 0 Å². The number of amides is 2. The van der Waals surface area contributed by atoms with E-state index < -0.39 is 23.8 Å². The standard InChI is InChI=1S/C21H32N2O4/c1-15(2)11-18-19(25)22(12-16-9-7-6-8-10-16)13-17(14-24)23(18)20(26)27-21(3,4)5/h6-10,15,17-18,24H,11-14H2,1-5H3/t17-,18+/m1/s1. The summed E-state index contributed by atoms with van der Waals surface area (Å²) in [4.78, 5) is 29.2. The fraction of sp³-hybridized carbons (Fsp3) is 0.619. The van der Waals surface area contributed by atoms with E-state index in [1.165, 1.54) is 4.90 Å². The highest BCUT2D eigenvalue weighted by Crippen LogP contribution is 2.26. The number of benzene rings is 1. The summed E-state index contributed by atoms with van der Waals surface area (Å²) in [7, 11) is 0. The van der Waals surface area contributed by atoms with Crippen LogP contribution in [0, 0.1) is 5.92 Å². The number of piperazine rings is 1. The second-order valence-corrected chi connectivity index (χ2v) is 8.57. The van der Waals surface area contributed by atoms with Crippen LogP contribution in [-0.4, -0.2) is 57.7 Å². The summed E-state index contributed by atoms with van der Waals surface area (Å²) >= 11 is 0. The lowest BCUT2D eigenvalue weighted by Crippen LogP contribution is -2.65.